The van der Waals surface area contributed by atoms with Gasteiger partial charge in [0, 0.05) is 27.7 Å². The molecule has 0 bridgehead atoms. The number of carbonyl (C=O) groups is 1. The number of nitrogens with one attached hydrogen (secondary N) is 1. The number of aliphatic hydroxyl groups is 1. The predicted molar refractivity (Wildman–Crippen MR) is 114 cm³/mol. The molecule has 8 heteroatoms. The number of aliphatic hydroxyl groups excluding tert-OH is 1. The molecule has 1 spiro atoms. The summed E-state index contributed by atoms with van der Waals surface area (Å²) in [5.74, 6) is 1.69. The third kappa shape index (κ3) is 3.33. The quantitative estimate of drug-likeness (QED) is 0.634. The molecule has 152 valence electrons. The standard InChI is InChI=1S/C20H26BrN3O3S/c1-19(2,9-25)17(26)23-12-4-6-16-14(8-12)20(10-28-18(22)24-20)13-7-11(21)3-5-15(13)27-16/h3,5,7,12,14,16,25H,4,6,8-10H2,1-2H3,(H2,22,24)(H,23,26). The van der Waals surface area contributed by atoms with Gasteiger partial charge in [-0.05, 0) is 51.3 Å². The molecule has 3 aliphatic rings. The van der Waals surface area contributed by atoms with Crippen LogP contribution in [0.3, 0.4) is 0 Å². The van der Waals surface area contributed by atoms with E-state index in [2.05, 4.69) is 27.3 Å². The Bertz CT molecular complexity index is 831. The average Bonchev–Trinajstić information content (AvgIpc) is 3.05. The van der Waals surface area contributed by atoms with Gasteiger partial charge in [0.15, 0.2) is 5.17 Å². The highest BCUT2D eigenvalue weighted by atomic mass is 79.9. The minimum atomic E-state index is -0.791. The van der Waals surface area contributed by atoms with Gasteiger partial charge in [0.2, 0.25) is 5.91 Å². The number of aliphatic imine (C=N–C) groups is 1. The molecule has 4 unspecified atom stereocenters. The van der Waals surface area contributed by atoms with Crippen LogP contribution in [0, 0.1) is 11.3 Å². The van der Waals surface area contributed by atoms with Gasteiger partial charge in [0.1, 0.15) is 17.4 Å². The predicted octanol–water partition coefficient (Wildman–Crippen LogP) is 2.77. The Morgan fingerprint density at radius 1 is 1.50 bits per heavy atom. The number of amidine groups is 1. The van der Waals surface area contributed by atoms with E-state index in [1.165, 1.54) is 0 Å². The Balaban J connectivity index is 1.65. The van der Waals surface area contributed by atoms with Gasteiger partial charge in [0.25, 0.3) is 0 Å². The van der Waals surface area contributed by atoms with E-state index in [4.69, 9.17) is 15.5 Å². The zero-order valence-electron chi connectivity index (χ0n) is 16.1. The van der Waals surface area contributed by atoms with Crippen molar-refractivity contribution in [3.05, 3.63) is 28.2 Å². The first-order valence-electron chi connectivity index (χ1n) is 9.62. The van der Waals surface area contributed by atoms with Crippen molar-refractivity contribution >= 4 is 38.8 Å². The molecule has 4 atom stereocenters. The van der Waals surface area contributed by atoms with Gasteiger partial charge in [-0.2, -0.15) is 0 Å². The van der Waals surface area contributed by atoms with E-state index in [1.807, 2.05) is 12.1 Å². The van der Waals surface area contributed by atoms with E-state index in [0.29, 0.717) is 5.17 Å². The number of fused-ring (bicyclic) bond motifs is 4. The lowest BCUT2D eigenvalue weighted by molar-refractivity contribution is -0.132. The number of carbonyl (C=O) groups excluding carboxylic acids is 1. The first-order chi connectivity index (χ1) is 13.2. The molecule has 28 heavy (non-hydrogen) atoms. The van der Waals surface area contributed by atoms with Crippen LogP contribution in [0.15, 0.2) is 27.7 Å². The molecule has 1 aromatic carbocycles. The maximum atomic E-state index is 12.6. The maximum Gasteiger partial charge on any atom is 0.228 e. The summed E-state index contributed by atoms with van der Waals surface area (Å²) in [6.45, 7) is 3.33. The average molecular weight is 468 g/mol. The van der Waals surface area contributed by atoms with Crippen LogP contribution < -0.4 is 15.8 Å². The molecule has 2 aliphatic heterocycles. The molecule has 1 aromatic rings. The molecule has 1 fully saturated rings. The Hall–Kier alpha value is -1.25. The molecular weight excluding hydrogens is 442 g/mol. The van der Waals surface area contributed by atoms with Gasteiger partial charge in [-0.25, -0.2) is 4.99 Å². The second kappa shape index (κ2) is 7.22. The number of amides is 1. The zero-order valence-corrected chi connectivity index (χ0v) is 18.5. The molecular formula is C20H26BrN3O3S. The van der Waals surface area contributed by atoms with Crippen molar-refractivity contribution < 1.29 is 14.6 Å². The van der Waals surface area contributed by atoms with Crippen LogP contribution in [0.5, 0.6) is 5.75 Å². The normalized spacial score (nSPS) is 31.6. The van der Waals surface area contributed by atoms with Gasteiger partial charge in [-0.3, -0.25) is 4.79 Å². The largest absolute Gasteiger partial charge is 0.490 e. The number of rotatable bonds is 3. The minimum absolute atomic E-state index is 0.0378. The third-order valence-electron chi connectivity index (χ3n) is 6.18. The van der Waals surface area contributed by atoms with Gasteiger partial charge < -0.3 is 20.9 Å². The summed E-state index contributed by atoms with van der Waals surface area (Å²) in [5, 5.41) is 13.2. The van der Waals surface area contributed by atoms with Crippen LogP contribution >= 0.6 is 27.7 Å². The number of benzene rings is 1. The first kappa shape index (κ1) is 20.0. The van der Waals surface area contributed by atoms with Crippen molar-refractivity contribution in [2.45, 2.75) is 50.8 Å². The highest BCUT2D eigenvalue weighted by molar-refractivity contribution is 9.10. The van der Waals surface area contributed by atoms with Crippen LogP contribution in [0.2, 0.25) is 0 Å². The van der Waals surface area contributed by atoms with Gasteiger partial charge in [-0.15, -0.1) is 0 Å². The smallest absolute Gasteiger partial charge is 0.228 e. The van der Waals surface area contributed by atoms with Crippen molar-refractivity contribution in [3.63, 3.8) is 0 Å². The van der Waals surface area contributed by atoms with E-state index >= 15 is 0 Å². The lowest BCUT2D eigenvalue weighted by atomic mass is 9.67. The fraction of sp³-hybridized carbons (Fsp3) is 0.600. The monoisotopic (exact) mass is 467 g/mol. The summed E-state index contributed by atoms with van der Waals surface area (Å²) in [6, 6.07) is 6.12. The molecule has 1 amide bonds. The maximum absolute atomic E-state index is 12.6. The third-order valence-corrected chi connectivity index (χ3v) is 7.65. The number of nitrogens with zero attached hydrogens (tertiary/aromatic N) is 1. The number of hydrogen-bond donors (Lipinski definition) is 3. The van der Waals surface area contributed by atoms with Crippen LogP contribution in [0.4, 0.5) is 0 Å². The zero-order chi connectivity index (χ0) is 20.1. The van der Waals surface area contributed by atoms with Crippen molar-refractivity contribution in [3.8, 4) is 5.75 Å². The Morgan fingerprint density at radius 3 is 2.96 bits per heavy atom. The molecule has 1 saturated carbocycles. The fourth-order valence-electron chi connectivity index (χ4n) is 4.45. The Kier molecular flexibility index (Phi) is 5.17. The second-order valence-corrected chi connectivity index (χ2v) is 10.5. The summed E-state index contributed by atoms with van der Waals surface area (Å²) < 4.78 is 7.35. The molecule has 4 N–H and O–H groups in total. The van der Waals surface area contributed by atoms with Gasteiger partial charge >= 0.3 is 0 Å². The number of thioether (sulfide) groups is 1. The molecule has 1 aliphatic carbocycles. The van der Waals surface area contributed by atoms with Gasteiger partial charge in [0.05, 0.1) is 12.0 Å². The van der Waals surface area contributed by atoms with Crippen molar-refractivity contribution in [2.24, 2.45) is 22.1 Å². The molecule has 4 rings (SSSR count). The van der Waals surface area contributed by atoms with Crippen LogP contribution in [-0.2, 0) is 10.3 Å². The van der Waals surface area contributed by atoms with E-state index in [1.54, 1.807) is 25.6 Å². The SMILES string of the molecule is CC(C)(CO)C(=O)NC1CCC2Oc3ccc(Br)cc3C3(CSC(N)=N3)C2C1. The van der Waals surface area contributed by atoms with Gasteiger partial charge in [-0.1, -0.05) is 27.7 Å². The van der Waals surface area contributed by atoms with E-state index < -0.39 is 11.0 Å². The molecule has 0 radical (unpaired) electrons. The van der Waals surface area contributed by atoms with E-state index in [-0.39, 0.29) is 30.6 Å². The number of hydrogen-bond acceptors (Lipinski definition) is 6. The number of ether oxygens (including phenoxy) is 1. The van der Waals surface area contributed by atoms with Crippen LogP contribution in [-0.4, -0.2) is 40.7 Å². The highest BCUT2D eigenvalue weighted by Crippen LogP contribution is 2.54. The second-order valence-electron chi connectivity index (χ2n) is 8.59. The van der Waals surface area contributed by atoms with Crippen LogP contribution in [0.25, 0.3) is 0 Å². The summed E-state index contributed by atoms with van der Waals surface area (Å²) in [6.07, 6.45) is 2.54. The Morgan fingerprint density at radius 2 is 2.29 bits per heavy atom. The summed E-state index contributed by atoms with van der Waals surface area (Å²) in [7, 11) is 0. The highest BCUT2D eigenvalue weighted by Gasteiger charge is 2.54. The molecule has 2 heterocycles. The summed E-state index contributed by atoms with van der Waals surface area (Å²) in [5.41, 5.74) is 5.96. The summed E-state index contributed by atoms with van der Waals surface area (Å²) in [4.78, 5) is 17.5. The topological polar surface area (TPSA) is 96.9 Å². The molecule has 0 aromatic heterocycles. The minimum Gasteiger partial charge on any atom is -0.490 e. The summed E-state index contributed by atoms with van der Waals surface area (Å²) >= 11 is 5.16. The van der Waals surface area contributed by atoms with E-state index in [0.717, 1.165) is 40.8 Å². The number of halogens is 1. The van der Waals surface area contributed by atoms with Crippen molar-refractivity contribution in [1.29, 1.82) is 0 Å². The molecule has 6 nitrogen and oxygen atoms in total. The lowest BCUT2D eigenvalue weighted by Gasteiger charge is -2.49. The fourth-order valence-corrected chi connectivity index (χ4v) is 5.84. The van der Waals surface area contributed by atoms with Crippen molar-refractivity contribution in [2.75, 3.05) is 12.4 Å². The van der Waals surface area contributed by atoms with E-state index in [9.17, 15) is 9.90 Å². The lowest BCUT2D eigenvalue weighted by Crippen LogP contribution is -2.55. The Labute approximate surface area is 177 Å². The number of nitrogens with two attached hydrogens (primary N) is 1. The van der Waals surface area contributed by atoms with Crippen molar-refractivity contribution in [1.82, 2.24) is 5.32 Å². The first-order valence-corrected chi connectivity index (χ1v) is 11.4. The van der Waals surface area contributed by atoms with Crippen LogP contribution in [0.1, 0.15) is 38.7 Å². The molecule has 0 saturated heterocycles.